The Morgan fingerprint density at radius 3 is 2.67 bits per heavy atom. The largest absolute Gasteiger partial charge is 0.328 e. The number of para-hydroxylation sites is 1. The lowest BCUT2D eigenvalue weighted by Crippen LogP contribution is -2.62. The van der Waals surface area contributed by atoms with Gasteiger partial charge in [-0.1, -0.05) is 18.2 Å². The molecule has 1 aliphatic rings. The van der Waals surface area contributed by atoms with Crippen LogP contribution in [0.3, 0.4) is 0 Å². The van der Waals surface area contributed by atoms with Gasteiger partial charge in [0.1, 0.15) is 6.04 Å². The van der Waals surface area contributed by atoms with Crippen LogP contribution in [0.5, 0.6) is 0 Å². The third-order valence-electron chi connectivity index (χ3n) is 3.81. The van der Waals surface area contributed by atoms with Gasteiger partial charge in [0.05, 0.1) is 0 Å². The summed E-state index contributed by atoms with van der Waals surface area (Å²) in [5.41, 5.74) is 7.86. The lowest BCUT2D eigenvalue weighted by Gasteiger charge is -2.43. The monoisotopic (exact) mass is 247 g/mol. The molecule has 4 heteroatoms. The molecular weight excluding hydrogens is 226 g/mol. The molecule has 1 amide bonds. The zero-order valence-electron chi connectivity index (χ0n) is 11.3. The predicted octanol–water partition coefficient (Wildman–Crippen LogP) is 0.989. The fraction of sp³-hybridized carbons (Fsp3) is 0.500. The van der Waals surface area contributed by atoms with Gasteiger partial charge in [-0.25, -0.2) is 0 Å². The summed E-state index contributed by atoms with van der Waals surface area (Å²) < 4.78 is 0. The molecule has 0 bridgehead atoms. The Labute approximate surface area is 108 Å². The van der Waals surface area contributed by atoms with E-state index in [9.17, 15) is 4.79 Å². The number of rotatable bonds is 2. The van der Waals surface area contributed by atoms with Crippen molar-refractivity contribution in [3.05, 3.63) is 29.8 Å². The van der Waals surface area contributed by atoms with Crippen LogP contribution in [-0.2, 0) is 4.79 Å². The minimum Gasteiger partial charge on any atom is -0.328 e. The third kappa shape index (κ3) is 2.13. The molecule has 0 aliphatic carbocycles. The fourth-order valence-electron chi connectivity index (χ4n) is 2.49. The molecule has 0 aromatic heterocycles. The summed E-state index contributed by atoms with van der Waals surface area (Å²) in [5.74, 6) is 0.104. The van der Waals surface area contributed by atoms with Gasteiger partial charge in [-0.3, -0.25) is 9.69 Å². The van der Waals surface area contributed by atoms with Crippen molar-refractivity contribution in [1.29, 1.82) is 0 Å². The summed E-state index contributed by atoms with van der Waals surface area (Å²) in [6, 6.07) is 8.09. The molecule has 18 heavy (non-hydrogen) atoms. The van der Waals surface area contributed by atoms with Crippen molar-refractivity contribution in [2.75, 3.05) is 25.0 Å². The van der Waals surface area contributed by atoms with Gasteiger partial charge in [-0.15, -0.1) is 0 Å². The van der Waals surface area contributed by atoms with Crippen molar-refractivity contribution in [2.24, 2.45) is 5.73 Å². The molecule has 1 fully saturated rings. The first-order valence-electron chi connectivity index (χ1n) is 6.35. The van der Waals surface area contributed by atoms with Crippen LogP contribution in [-0.4, -0.2) is 43.0 Å². The molecule has 4 nitrogen and oxygen atoms in total. The van der Waals surface area contributed by atoms with E-state index in [4.69, 9.17) is 5.73 Å². The van der Waals surface area contributed by atoms with E-state index in [1.807, 2.05) is 43.1 Å². The van der Waals surface area contributed by atoms with Crippen LogP contribution in [0.25, 0.3) is 0 Å². The van der Waals surface area contributed by atoms with Gasteiger partial charge in [0.15, 0.2) is 0 Å². The lowest BCUT2D eigenvalue weighted by molar-refractivity contribution is -0.126. The number of benzene rings is 1. The number of amides is 1. The normalized spacial score (nSPS) is 25.6. The van der Waals surface area contributed by atoms with Crippen molar-refractivity contribution >= 4 is 11.6 Å². The fourth-order valence-corrected chi connectivity index (χ4v) is 2.49. The molecule has 1 heterocycles. The number of likely N-dealkylation sites (N-methyl/N-ethyl adjacent to an activating group) is 1. The molecule has 1 aromatic carbocycles. The summed E-state index contributed by atoms with van der Waals surface area (Å²) in [4.78, 5) is 16.4. The van der Waals surface area contributed by atoms with E-state index in [0.717, 1.165) is 17.8 Å². The molecule has 2 rings (SSSR count). The second kappa shape index (κ2) is 5.08. The molecule has 98 valence electrons. The number of nitrogens with two attached hydrogens (primary N) is 1. The van der Waals surface area contributed by atoms with Crippen LogP contribution in [0, 0.1) is 6.92 Å². The molecule has 2 atom stereocenters. The quantitative estimate of drug-likeness (QED) is 0.848. The maximum Gasteiger partial charge on any atom is 0.245 e. The van der Waals surface area contributed by atoms with Crippen LogP contribution < -0.4 is 10.6 Å². The van der Waals surface area contributed by atoms with Gasteiger partial charge in [0.25, 0.3) is 0 Å². The van der Waals surface area contributed by atoms with Crippen LogP contribution in [0.15, 0.2) is 24.3 Å². The second-order valence-corrected chi connectivity index (χ2v) is 5.00. The first-order valence-corrected chi connectivity index (χ1v) is 6.35. The molecule has 1 saturated heterocycles. The number of anilines is 1. The predicted molar refractivity (Wildman–Crippen MR) is 73.6 cm³/mol. The Hall–Kier alpha value is -1.39. The van der Waals surface area contributed by atoms with Gasteiger partial charge < -0.3 is 10.6 Å². The Balaban J connectivity index is 2.34. The number of piperazine rings is 1. The molecule has 1 aromatic rings. The smallest absolute Gasteiger partial charge is 0.245 e. The van der Waals surface area contributed by atoms with Crippen LogP contribution in [0.2, 0.25) is 0 Å². The number of hydrogen-bond acceptors (Lipinski definition) is 3. The van der Waals surface area contributed by atoms with Crippen molar-refractivity contribution in [1.82, 2.24) is 4.90 Å². The Kier molecular flexibility index (Phi) is 3.68. The zero-order chi connectivity index (χ0) is 13.3. The maximum absolute atomic E-state index is 12.5. The minimum atomic E-state index is -0.214. The van der Waals surface area contributed by atoms with Gasteiger partial charge >= 0.3 is 0 Å². The average Bonchev–Trinajstić information content (AvgIpc) is 2.36. The highest BCUT2D eigenvalue weighted by Gasteiger charge is 2.36. The van der Waals surface area contributed by atoms with E-state index in [0.29, 0.717) is 12.6 Å². The first-order chi connectivity index (χ1) is 8.56. The zero-order valence-corrected chi connectivity index (χ0v) is 11.3. The Bertz CT molecular complexity index is 446. The number of carbonyl (C=O) groups excluding carboxylic acids is 1. The molecule has 2 unspecified atom stereocenters. The summed E-state index contributed by atoms with van der Waals surface area (Å²) in [5, 5.41) is 0. The standard InChI is InChI=1S/C14H21N3O/c1-10-6-4-5-7-12(10)17-9-11(2)16(3)13(8-15)14(17)18/h4-7,11,13H,8-9,15H2,1-3H3. The Morgan fingerprint density at radius 1 is 1.39 bits per heavy atom. The molecule has 2 N–H and O–H groups in total. The van der Waals surface area contributed by atoms with E-state index >= 15 is 0 Å². The van der Waals surface area contributed by atoms with Crippen LogP contribution in [0.4, 0.5) is 5.69 Å². The van der Waals surface area contributed by atoms with Crippen molar-refractivity contribution < 1.29 is 4.79 Å². The number of aryl methyl sites for hydroxylation is 1. The summed E-state index contributed by atoms with van der Waals surface area (Å²) in [6.45, 7) is 5.24. The average molecular weight is 247 g/mol. The maximum atomic E-state index is 12.5. The van der Waals surface area contributed by atoms with Crippen molar-refractivity contribution in [2.45, 2.75) is 25.9 Å². The highest BCUT2D eigenvalue weighted by molar-refractivity contribution is 5.98. The van der Waals surface area contributed by atoms with E-state index in [1.54, 1.807) is 0 Å². The third-order valence-corrected chi connectivity index (χ3v) is 3.81. The topological polar surface area (TPSA) is 49.6 Å². The first kappa shape index (κ1) is 13.1. The van der Waals surface area contributed by atoms with Gasteiger partial charge in [0.2, 0.25) is 5.91 Å². The molecule has 0 spiro atoms. The SMILES string of the molecule is Cc1ccccc1N1CC(C)N(C)C(CN)C1=O. The van der Waals surface area contributed by atoms with Crippen LogP contribution >= 0.6 is 0 Å². The highest BCUT2D eigenvalue weighted by atomic mass is 16.2. The Morgan fingerprint density at radius 2 is 2.06 bits per heavy atom. The molecule has 0 radical (unpaired) electrons. The van der Waals surface area contributed by atoms with Crippen LogP contribution in [0.1, 0.15) is 12.5 Å². The van der Waals surface area contributed by atoms with E-state index < -0.39 is 0 Å². The molecular formula is C14H21N3O. The van der Waals surface area contributed by atoms with E-state index in [1.165, 1.54) is 0 Å². The number of carbonyl (C=O) groups is 1. The molecule has 0 saturated carbocycles. The number of hydrogen-bond donors (Lipinski definition) is 1. The van der Waals surface area contributed by atoms with Crippen molar-refractivity contribution in [3.63, 3.8) is 0 Å². The van der Waals surface area contributed by atoms with Gasteiger partial charge in [-0.2, -0.15) is 0 Å². The molecule has 1 aliphatic heterocycles. The highest BCUT2D eigenvalue weighted by Crippen LogP contribution is 2.25. The van der Waals surface area contributed by atoms with Gasteiger partial charge in [0, 0.05) is 24.8 Å². The summed E-state index contributed by atoms with van der Waals surface area (Å²) in [6.07, 6.45) is 0. The van der Waals surface area contributed by atoms with Gasteiger partial charge in [-0.05, 0) is 32.5 Å². The second-order valence-electron chi connectivity index (χ2n) is 5.00. The minimum absolute atomic E-state index is 0.104. The summed E-state index contributed by atoms with van der Waals surface area (Å²) >= 11 is 0. The van der Waals surface area contributed by atoms with E-state index in [-0.39, 0.29) is 11.9 Å². The van der Waals surface area contributed by atoms with Crippen molar-refractivity contribution in [3.8, 4) is 0 Å². The lowest BCUT2D eigenvalue weighted by atomic mass is 10.0. The number of nitrogens with zero attached hydrogens (tertiary/aromatic N) is 2. The van der Waals surface area contributed by atoms with E-state index in [2.05, 4.69) is 11.8 Å². The summed E-state index contributed by atoms with van der Waals surface area (Å²) in [7, 11) is 1.97.